The number of benzene rings is 2. The van der Waals surface area contributed by atoms with Crippen LogP contribution in [0.15, 0.2) is 70.4 Å². The highest BCUT2D eigenvalue weighted by atomic mass is 79.9. The van der Waals surface area contributed by atoms with Crippen LogP contribution in [0.2, 0.25) is 0 Å². The summed E-state index contributed by atoms with van der Waals surface area (Å²) in [6.45, 7) is 0. The van der Waals surface area contributed by atoms with Crippen molar-refractivity contribution in [3.63, 3.8) is 0 Å². The van der Waals surface area contributed by atoms with E-state index in [-0.39, 0.29) is 0 Å². The van der Waals surface area contributed by atoms with Crippen molar-refractivity contribution < 1.29 is 0 Å². The monoisotopic (exact) mass is 358 g/mol. The molecule has 3 aromatic rings. The molecule has 1 aromatic heterocycles. The van der Waals surface area contributed by atoms with Crippen LogP contribution < -0.4 is 0 Å². The van der Waals surface area contributed by atoms with E-state index in [1.54, 1.807) is 11.8 Å². The zero-order chi connectivity index (χ0) is 14.7. The number of halogens is 1. The largest absolute Gasteiger partial charge is 0.322 e. The number of thioether (sulfide) groups is 1. The van der Waals surface area contributed by atoms with E-state index in [0.29, 0.717) is 0 Å². The van der Waals surface area contributed by atoms with Crippen molar-refractivity contribution in [1.29, 1.82) is 0 Å². The molecule has 2 aromatic carbocycles. The van der Waals surface area contributed by atoms with Gasteiger partial charge in [0.25, 0.3) is 0 Å². The summed E-state index contributed by atoms with van der Waals surface area (Å²) >= 11 is 5.23. The summed E-state index contributed by atoms with van der Waals surface area (Å²) in [4.78, 5) is 4.54. The second-order valence-electron chi connectivity index (χ2n) is 4.77. The summed E-state index contributed by atoms with van der Waals surface area (Å²) < 4.78 is 3.24. The predicted molar refractivity (Wildman–Crippen MR) is 92.3 cm³/mol. The van der Waals surface area contributed by atoms with Crippen LogP contribution in [0, 0.1) is 0 Å². The van der Waals surface area contributed by atoms with Crippen LogP contribution in [-0.4, -0.2) is 9.55 Å². The van der Waals surface area contributed by atoms with Crippen LogP contribution in [0.1, 0.15) is 5.56 Å². The van der Waals surface area contributed by atoms with E-state index in [9.17, 15) is 0 Å². The van der Waals surface area contributed by atoms with Crippen LogP contribution in [0.3, 0.4) is 0 Å². The Hall–Kier alpha value is -1.52. The Morgan fingerprint density at radius 1 is 1.05 bits per heavy atom. The fraction of sp³-hybridized carbons (Fsp3) is 0.118. The summed E-state index contributed by atoms with van der Waals surface area (Å²) in [6.07, 6.45) is 1.94. The predicted octanol–water partition coefficient (Wildman–Crippen LogP) is 5.14. The second kappa shape index (κ2) is 6.50. The summed E-state index contributed by atoms with van der Waals surface area (Å²) in [5.74, 6) is 0.936. The quantitative estimate of drug-likeness (QED) is 0.600. The van der Waals surface area contributed by atoms with E-state index in [1.807, 2.05) is 12.3 Å². The lowest BCUT2D eigenvalue weighted by Gasteiger charge is -2.06. The van der Waals surface area contributed by atoms with E-state index in [4.69, 9.17) is 0 Å². The zero-order valence-electron chi connectivity index (χ0n) is 11.7. The first kappa shape index (κ1) is 14.4. The van der Waals surface area contributed by atoms with Gasteiger partial charge < -0.3 is 4.57 Å². The van der Waals surface area contributed by atoms with Crippen molar-refractivity contribution in [3.8, 4) is 11.3 Å². The zero-order valence-corrected chi connectivity index (χ0v) is 14.1. The summed E-state index contributed by atoms with van der Waals surface area (Å²) in [5, 5.41) is 1.04. The summed E-state index contributed by atoms with van der Waals surface area (Å²) in [5.41, 5.74) is 3.63. The number of hydrogen-bond acceptors (Lipinski definition) is 2. The minimum Gasteiger partial charge on any atom is -0.322 e. The van der Waals surface area contributed by atoms with E-state index >= 15 is 0 Å². The minimum absolute atomic E-state index is 0.936. The molecule has 0 radical (unpaired) electrons. The molecule has 2 nitrogen and oxygen atoms in total. The van der Waals surface area contributed by atoms with Crippen molar-refractivity contribution in [2.75, 3.05) is 0 Å². The molecule has 0 unspecified atom stereocenters. The Morgan fingerprint density at radius 3 is 2.48 bits per heavy atom. The molecule has 0 saturated heterocycles. The van der Waals surface area contributed by atoms with Crippen molar-refractivity contribution in [2.24, 2.45) is 7.05 Å². The first-order valence-electron chi connectivity index (χ1n) is 6.68. The fourth-order valence-electron chi connectivity index (χ4n) is 2.14. The summed E-state index contributed by atoms with van der Waals surface area (Å²) in [7, 11) is 2.07. The molecule has 4 heteroatoms. The van der Waals surface area contributed by atoms with Gasteiger partial charge in [-0.2, -0.15) is 0 Å². The van der Waals surface area contributed by atoms with Gasteiger partial charge in [0.05, 0.1) is 11.9 Å². The minimum atomic E-state index is 0.936. The smallest absolute Gasteiger partial charge is 0.168 e. The molecule has 0 saturated carbocycles. The standard InChI is InChI=1S/C17H15BrN2S/c1-20-16(14-7-9-15(18)10-8-14)11-19-17(20)21-12-13-5-3-2-4-6-13/h2-11H,12H2,1H3. The average Bonchev–Trinajstić information content (AvgIpc) is 2.88. The molecule has 21 heavy (non-hydrogen) atoms. The van der Waals surface area contributed by atoms with Gasteiger partial charge in [0.15, 0.2) is 5.16 Å². The molecule has 106 valence electrons. The number of hydrogen-bond donors (Lipinski definition) is 0. The van der Waals surface area contributed by atoms with Gasteiger partial charge in [-0.05, 0) is 23.3 Å². The lowest BCUT2D eigenvalue weighted by atomic mass is 10.2. The van der Waals surface area contributed by atoms with Crippen LogP contribution in [0.25, 0.3) is 11.3 Å². The Bertz CT molecular complexity index is 720. The molecule has 0 fully saturated rings. The molecule has 0 spiro atoms. The highest BCUT2D eigenvalue weighted by molar-refractivity contribution is 9.10. The first-order chi connectivity index (χ1) is 10.2. The third-order valence-corrected chi connectivity index (χ3v) is 4.94. The fourth-order valence-corrected chi connectivity index (χ4v) is 3.31. The van der Waals surface area contributed by atoms with Gasteiger partial charge in [-0.3, -0.25) is 0 Å². The Balaban J connectivity index is 1.78. The normalized spacial score (nSPS) is 10.8. The van der Waals surface area contributed by atoms with Gasteiger partial charge >= 0.3 is 0 Å². The van der Waals surface area contributed by atoms with Crippen LogP contribution >= 0.6 is 27.7 Å². The molecule has 1 heterocycles. The topological polar surface area (TPSA) is 17.8 Å². The number of imidazole rings is 1. The van der Waals surface area contributed by atoms with Gasteiger partial charge in [-0.1, -0.05) is 70.2 Å². The third kappa shape index (κ3) is 3.39. The Morgan fingerprint density at radius 2 is 1.76 bits per heavy atom. The van der Waals surface area contributed by atoms with Crippen molar-refractivity contribution in [3.05, 3.63) is 70.8 Å². The average molecular weight is 359 g/mol. The highest BCUT2D eigenvalue weighted by Crippen LogP contribution is 2.27. The van der Waals surface area contributed by atoms with Gasteiger partial charge in [0, 0.05) is 17.3 Å². The third-order valence-electron chi connectivity index (χ3n) is 3.30. The van der Waals surface area contributed by atoms with Gasteiger partial charge in [0.2, 0.25) is 0 Å². The molecular formula is C17H15BrN2S. The van der Waals surface area contributed by atoms with Crippen molar-refractivity contribution >= 4 is 27.7 Å². The lowest BCUT2D eigenvalue weighted by Crippen LogP contribution is -1.94. The van der Waals surface area contributed by atoms with Crippen LogP contribution in [0.4, 0.5) is 0 Å². The van der Waals surface area contributed by atoms with Crippen molar-refractivity contribution in [2.45, 2.75) is 10.9 Å². The maximum absolute atomic E-state index is 4.54. The SMILES string of the molecule is Cn1c(-c2ccc(Br)cc2)cnc1SCc1ccccc1. The highest BCUT2D eigenvalue weighted by Gasteiger charge is 2.09. The lowest BCUT2D eigenvalue weighted by molar-refractivity contribution is 0.796. The van der Waals surface area contributed by atoms with E-state index in [2.05, 4.69) is 81.1 Å². The number of nitrogens with zero attached hydrogens (tertiary/aromatic N) is 2. The molecule has 0 bridgehead atoms. The maximum Gasteiger partial charge on any atom is 0.168 e. The summed E-state index contributed by atoms with van der Waals surface area (Å²) in [6, 6.07) is 18.8. The van der Waals surface area contributed by atoms with Gasteiger partial charge in [-0.25, -0.2) is 4.98 Å². The van der Waals surface area contributed by atoms with E-state index in [0.717, 1.165) is 21.1 Å². The molecule has 0 aliphatic heterocycles. The second-order valence-corrected chi connectivity index (χ2v) is 6.62. The molecule has 0 atom stereocenters. The molecule has 0 amide bonds. The Labute approximate surface area is 137 Å². The molecular weight excluding hydrogens is 344 g/mol. The maximum atomic E-state index is 4.54. The van der Waals surface area contributed by atoms with Crippen molar-refractivity contribution in [1.82, 2.24) is 9.55 Å². The van der Waals surface area contributed by atoms with Gasteiger partial charge in [0.1, 0.15) is 0 Å². The number of aromatic nitrogens is 2. The van der Waals surface area contributed by atoms with Crippen LogP contribution in [0.5, 0.6) is 0 Å². The molecule has 0 aliphatic carbocycles. The van der Waals surface area contributed by atoms with Gasteiger partial charge in [-0.15, -0.1) is 0 Å². The number of rotatable bonds is 4. The van der Waals surface area contributed by atoms with E-state index in [1.165, 1.54) is 11.1 Å². The van der Waals surface area contributed by atoms with E-state index < -0.39 is 0 Å². The molecule has 3 rings (SSSR count). The first-order valence-corrected chi connectivity index (χ1v) is 8.46. The van der Waals surface area contributed by atoms with Crippen LogP contribution in [-0.2, 0) is 12.8 Å². The Kier molecular flexibility index (Phi) is 4.46. The molecule has 0 aliphatic rings. The molecule has 0 N–H and O–H groups in total.